The number of carboxylic acids is 1. The largest absolute Gasteiger partial charge is 0.480 e. The number of nitrogens with two attached hydrogens (primary N) is 1. The van der Waals surface area contributed by atoms with E-state index in [1.165, 1.54) is 18.2 Å². The van der Waals surface area contributed by atoms with E-state index < -0.39 is 12.0 Å². The summed E-state index contributed by atoms with van der Waals surface area (Å²) in [6.45, 7) is 0. The fourth-order valence-electron chi connectivity index (χ4n) is 0.958. The van der Waals surface area contributed by atoms with Crippen LogP contribution in [0.25, 0.3) is 0 Å². The van der Waals surface area contributed by atoms with Crippen molar-refractivity contribution in [2.75, 3.05) is 0 Å². The molecule has 4 nitrogen and oxygen atoms in total. The van der Waals surface area contributed by atoms with Gasteiger partial charge in [0.25, 0.3) is 0 Å². The highest BCUT2D eigenvalue weighted by molar-refractivity contribution is 6.31. The van der Waals surface area contributed by atoms with Crippen molar-refractivity contribution >= 4 is 17.6 Å². The number of aliphatic carboxylic acids is 1. The molecule has 0 saturated heterocycles. The molecule has 0 saturated carbocycles. The standard InChI is InChI=1S/C9H7ClN2O2/c10-7-3-5(8(12)9(13)14)1-2-6(7)4-11/h1-3,8H,12H2,(H,13,14)/t8-/m0/s1. The number of nitriles is 1. The third-order valence-corrected chi connectivity index (χ3v) is 2.05. The first-order valence-electron chi connectivity index (χ1n) is 3.74. The molecule has 0 radical (unpaired) electrons. The molecule has 72 valence electrons. The molecule has 0 aromatic heterocycles. The number of hydrogen-bond donors (Lipinski definition) is 2. The Bertz CT molecular complexity index is 412. The number of hydrogen-bond acceptors (Lipinski definition) is 3. The van der Waals surface area contributed by atoms with Gasteiger partial charge in [0.15, 0.2) is 0 Å². The molecular formula is C9H7ClN2O2. The van der Waals surface area contributed by atoms with Crippen LogP contribution >= 0.6 is 11.6 Å². The van der Waals surface area contributed by atoms with Crippen molar-refractivity contribution < 1.29 is 9.90 Å². The average molecular weight is 211 g/mol. The summed E-state index contributed by atoms with van der Waals surface area (Å²) in [5.41, 5.74) is 6.03. The number of benzene rings is 1. The minimum Gasteiger partial charge on any atom is -0.480 e. The molecule has 0 unspecified atom stereocenters. The minimum atomic E-state index is -1.13. The van der Waals surface area contributed by atoms with E-state index in [9.17, 15) is 4.79 Å². The maximum atomic E-state index is 10.5. The molecule has 0 aliphatic carbocycles. The summed E-state index contributed by atoms with van der Waals surface area (Å²) in [7, 11) is 0. The number of nitrogens with zero attached hydrogens (tertiary/aromatic N) is 1. The average Bonchev–Trinajstić information content (AvgIpc) is 2.16. The van der Waals surface area contributed by atoms with Gasteiger partial charge in [0.1, 0.15) is 12.1 Å². The zero-order chi connectivity index (χ0) is 10.7. The third kappa shape index (κ3) is 2.02. The minimum absolute atomic E-state index is 0.210. The van der Waals surface area contributed by atoms with Gasteiger partial charge in [-0.3, -0.25) is 4.79 Å². The second kappa shape index (κ2) is 4.09. The third-order valence-electron chi connectivity index (χ3n) is 1.74. The molecule has 1 rings (SSSR count). The van der Waals surface area contributed by atoms with E-state index in [4.69, 9.17) is 27.7 Å². The van der Waals surface area contributed by atoms with Crippen LogP contribution in [0, 0.1) is 11.3 Å². The second-order valence-electron chi connectivity index (χ2n) is 2.67. The van der Waals surface area contributed by atoms with E-state index >= 15 is 0 Å². The molecule has 0 spiro atoms. The van der Waals surface area contributed by atoms with Crippen molar-refractivity contribution in [3.05, 3.63) is 34.3 Å². The van der Waals surface area contributed by atoms with Gasteiger partial charge in [0.05, 0.1) is 10.6 Å². The van der Waals surface area contributed by atoms with Gasteiger partial charge in [-0.2, -0.15) is 5.26 Å². The van der Waals surface area contributed by atoms with Crippen LogP contribution in [0.2, 0.25) is 5.02 Å². The Morgan fingerprint density at radius 1 is 1.64 bits per heavy atom. The van der Waals surface area contributed by atoms with Gasteiger partial charge < -0.3 is 10.8 Å². The van der Waals surface area contributed by atoms with Gasteiger partial charge in [-0.25, -0.2) is 0 Å². The SMILES string of the molecule is N#Cc1ccc([C@H](N)C(=O)O)cc1Cl. The second-order valence-corrected chi connectivity index (χ2v) is 3.07. The number of carbonyl (C=O) groups is 1. The summed E-state index contributed by atoms with van der Waals surface area (Å²) in [5.74, 6) is -1.13. The van der Waals surface area contributed by atoms with E-state index in [0.29, 0.717) is 11.1 Å². The summed E-state index contributed by atoms with van der Waals surface area (Å²) < 4.78 is 0. The molecule has 0 heterocycles. The fraction of sp³-hybridized carbons (Fsp3) is 0.111. The Labute approximate surface area is 85.5 Å². The van der Waals surface area contributed by atoms with Gasteiger partial charge in [-0.15, -0.1) is 0 Å². The topological polar surface area (TPSA) is 87.1 Å². The lowest BCUT2D eigenvalue weighted by molar-refractivity contribution is -0.138. The van der Waals surface area contributed by atoms with Gasteiger partial charge in [-0.1, -0.05) is 17.7 Å². The van der Waals surface area contributed by atoms with Gasteiger partial charge in [0, 0.05) is 0 Å². The van der Waals surface area contributed by atoms with Crippen LogP contribution < -0.4 is 5.73 Å². The van der Waals surface area contributed by atoms with E-state index in [1.54, 1.807) is 0 Å². The smallest absolute Gasteiger partial charge is 0.325 e. The van der Waals surface area contributed by atoms with Crippen LogP contribution in [-0.4, -0.2) is 11.1 Å². The highest BCUT2D eigenvalue weighted by Gasteiger charge is 2.15. The van der Waals surface area contributed by atoms with Gasteiger partial charge in [-0.05, 0) is 17.7 Å². The Balaban J connectivity index is 3.10. The fourth-order valence-corrected chi connectivity index (χ4v) is 1.19. The Hall–Kier alpha value is -1.57. The van der Waals surface area contributed by atoms with Gasteiger partial charge >= 0.3 is 5.97 Å². The van der Waals surface area contributed by atoms with Crippen molar-refractivity contribution in [3.63, 3.8) is 0 Å². The van der Waals surface area contributed by atoms with E-state index in [2.05, 4.69) is 0 Å². The van der Waals surface area contributed by atoms with Crippen LogP contribution in [-0.2, 0) is 4.79 Å². The predicted molar refractivity (Wildman–Crippen MR) is 50.7 cm³/mol. The summed E-state index contributed by atoms with van der Waals surface area (Å²) in [5, 5.41) is 17.4. The lowest BCUT2D eigenvalue weighted by Gasteiger charge is -2.06. The van der Waals surface area contributed by atoms with E-state index in [-0.39, 0.29) is 5.02 Å². The molecule has 0 amide bonds. The van der Waals surface area contributed by atoms with E-state index in [1.807, 2.05) is 6.07 Å². The highest BCUT2D eigenvalue weighted by Crippen LogP contribution is 2.20. The molecule has 1 aromatic rings. The van der Waals surface area contributed by atoms with E-state index in [0.717, 1.165) is 0 Å². The monoisotopic (exact) mass is 210 g/mol. The zero-order valence-corrected chi connectivity index (χ0v) is 7.82. The first-order chi connectivity index (χ1) is 6.56. The molecule has 1 atom stereocenters. The molecule has 0 aliphatic heterocycles. The molecule has 0 bridgehead atoms. The quantitative estimate of drug-likeness (QED) is 0.770. The molecule has 14 heavy (non-hydrogen) atoms. The highest BCUT2D eigenvalue weighted by atomic mass is 35.5. The summed E-state index contributed by atoms with van der Waals surface area (Å²) >= 11 is 5.71. The maximum Gasteiger partial charge on any atom is 0.325 e. The first kappa shape index (κ1) is 10.5. The molecule has 0 fully saturated rings. The van der Waals surface area contributed by atoms with Crippen molar-refractivity contribution in [1.82, 2.24) is 0 Å². The predicted octanol–water partition coefficient (Wildman–Crippen LogP) is 1.30. The summed E-state index contributed by atoms with van der Waals surface area (Å²) in [4.78, 5) is 10.5. The number of halogens is 1. The lowest BCUT2D eigenvalue weighted by Crippen LogP contribution is -2.20. The lowest BCUT2D eigenvalue weighted by atomic mass is 10.1. The number of carboxylic acid groups (broad SMARTS) is 1. The zero-order valence-electron chi connectivity index (χ0n) is 7.07. The molecule has 1 aromatic carbocycles. The Morgan fingerprint density at radius 2 is 2.29 bits per heavy atom. The van der Waals surface area contributed by atoms with Crippen LogP contribution in [0.15, 0.2) is 18.2 Å². The molecule has 3 N–H and O–H groups in total. The molecular weight excluding hydrogens is 204 g/mol. The normalized spacial score (nSPS) is 11.8. The van der Waals surface area contributed by atoms with Crippen LogP contribution in [0.1, 0.15) is 17.2 Å². The summed E-state index contributed by atoms with van der Waals surface area (Å²) in [6.07, 6.45) is 0. The van der Waals surface area contributed by atoms with Crippen molar-refractivity contribution in [3.8, 4) is 6.07 Å². The molecule has 0 aliphatic rings. The van der Waals surface area contributed by atoms with Crippen molar-refractivity contribution in [1.29, 1.82) is 5.26 Å². The van der Waals surface area contributed by atoms with Crippen LogP contribution in [0.5, 0.6) is 0 Å². The molecule has 5 heteroatoms. The van der Waals surface area contributed by atoms with Gasteiger partial charge in [0.2, 0.25) is 0 Å². The van der Waals surface area contributed by atoms with Crippen molar-refractivity contribution in [2.24, 2.45) is 5.73 Å². The Kier molecular flexibility index (Phi) is 3.07. The van der Waals surface area contributed by atoms with Crippen LogP contribution in [0.3, 0.4) is 0 Å². The Morgan fingerprint density at radius 3 is 2.71 bits per heavy atom. The summed E-state index contributed by atoms with van der Waals surface area (Å²) in [6, 6.07) is 5.07. The number of rotatable bonds is 2. The first-order valence-corrected chi connectivity index (χ1v) is 4.12. The maximum absolute atomic E-state index is 10.5. The van der Waals surface area contributed by atoms with Crippen LogP contribution in [0.4, 0.5) is 0 Å². The van der Waals surface area contributed by atoms with Crippen molar-refractivity contribution in [2.45, 2.75) is 6.04 Å².